The summed E-state index contributed by atoms with van der Waals surface area (Å²) in [6.07, 6.45) is 1.88. The normalized spacial score (nSPS) is 12.9. The van der Waals surface area contributed by atoms with Crippen molar-refractivity contribution in [3.63, 3.8) is 0 Å². The van der Waals surface area contributed by atoms with Crippen LogP contribution in [-0.4, -0.2) is 10.2 Å². The third-order valence-electron chi connectivity index (χ3n) is 3.34. The average molecular weight is 278 g/mol. The van der Waals surface area contributed by atoms with Crippen molar-refractivity contribution < 1.29 is 0 Å². The molecule has 1 atom stereocenters. The molecule has 0 unspecified atom stereocenters. The van der Waals surface area contributed by atoms with E-state index in [0.717, 1.165) is 17.3 Å². The lowest BCUT2D eigenvalue weighted by atomic mass is 9.96. The molecule has 2 aromatic rings. The largest absolute Gasteiger partial charge is 0.306 e. The van der Waals surface area contributed by atoms with Gasteiger partial charge in [0.2, 0.25) is 0 Å². The molecule has 0 amide bonds. The van der Waals surface area contributed by atoms with Crippen LogP contribution in [0.25, 0.3) is 0 Å². The molecule has 3 nitrogen and oxygen atoms in total. The maximum absolute atomic E-state index is 5.94. The van der Waals surface area contributed by atoms with Crippen LogP contribution in [0.2, 0.25) is 5.02 Å². The zero-order valence-corrected chi connectivity index (χ0v) is 12.3. The van der Waals surface area contributed by atoms with Crippen LogP contribution < -0.4 is 5.32 Å². The van der Waals surface area contributed by atoms with E-state index in [0.29, 0.717) is 12.0 Å². The lowest BCUT2D eigenvalue weighted by molar-refractivity contribution is 0.410. The number of halogens is 1. The minimum Gasteiger partial charge on any atom is -0.306 e. The smallest absolute Gasteiger partial charge is 0.0535 e. The summed E-state index contributed by atoms with van der Waals surface area (Å²) in [6.45, 7) is 7.29. The number of aromatic amines is 1. The Morgan fingerprint density at radius 1 is 1.26 bits per heavy atom. The Hall–Kier alpha value is -1.32. The van der Waals surface area contributed by atoms with Crippen LogP contribution in [-0.2, 0) is 6.54 Å². The predicted octanol–water partition coefficient (Wildman–Crippen LogP) is 3.86. The van der Waals surface area contributed by atoms with E-state index < -0.39 is 0 Å². The van der Waals surface area contributed by atoms with Crippen LogP contribution in [0, 0.1) is 12.8 Å². The Morgan fingerprint density at radius 2 is 1.95 bits per heavy atom. The second-order valence-corrected chi connectivity index (χ2v) is 5.61. The van der Waals surface area contributed by atoms with Crippen molar-refractivity contribution in [2.24, 2.45) is 5.92 Å². The van der Waals surface area contributed by atoms with Crippen LogP contribution in [0.15, 0.2) is 30.5 Å². The molecule has 102 valence electrons. The van der Waals surface area contributed by atoms with Gasteiger partial charge < -0.3 is 5.32 Å². The maximum atomic E-state index is 5.94. The number of benzene rings is 1. The molecule has 1 aromatic heterocycles. The summed E-state index contributed by atoms with van der Waals surface area (Å²) in [5.74, 6) is 0.508. The van der Waals surface area contributed by atoms with Crippen LogP contribution in [0.4, 0.5) is 0 Å². The first kappa shape index (κ1) is 14.1. The van der Waals surface area contributed by atoms with E-state index in [4.69, 9.17) is 11.6 Å². The van der Waals surface area contributed by atoms with Gasteiger partial charge in [-0.05, 0) is 30.5 Å². The second-order valence-electron chi connectivity index (χ2n) is 5.17. The topological polar surface area (TPSA) is 40.7 Å². The number of nitrogens with zero attached hydrogens (tertiary/aromatic N) is 1. The molecule has 0 aliphatic carbocycles. The van der Waals surface area contributed by atoms with Gasteiger partial charge in [-0.1, -0.05) is 37.6 Å². The Kier molecular flexibility index (Phi) is 4.61. The van der Waals surface area contributed by atoms with E-state index in [2.05, 4.69) is 41.5 Å². The predicted molar refractivity (Wildman–Crippen MR) is 79.2 cm³/mol. The van der Waals surface area contributed by atoms with Crippen molar-refractivity contribution in [3.05, 3.63) is 52.3 Å². The minimum absolute atomic E-state index is 0.312. The number of hydrogen-bond acceptors (Lipinski definition) is 2. The van der Waals surface area contributed by atoms with Crippen molar-refractivity contribution >= 4 is 11.6 Å². The summed E-state index contributed by atoms with van der Waals surface area (Å²) in [6, 6.07) is 8.37. The summed E-state index contributed by atoms with van der Waals surface area (Å²) in [7, 11) is 0. The molecule has 0 fully saturated rings. The fourth-order valence-electron chi connectivity index (χ4n) is 2.18. The molecule has 2 rings (SSSR count). The van der Waals surface area contributed by atoms with Gasteiger partial charge in [0.25, 0.3) is 0 Å². The average Bonchev–Trinajstić information content (AvgIpc) is 2.77. The van der Waals surface area contributed by atoms with E-state index in [1.807, 2.05) is 25.3 Å². The molecule has 0 saturated carbocycles. The molecular formula is C15H20ClN3. The Morgan fingerprint density at radius 3 is 2.47 bits per heavy atom. The lowest BCUT2D eigenvalue weighted by Crippen LogP contribution is -2.25. The minimum atomic E-state index is 0.312. The Bertz CT molecular complexity index is 516. The summed E-state index contributed by atoms with van der Waals surface area (Å²) in [4.78, 5) is 0. The van der Waals surface area contributed by atoms with E-state index in [1.165, 1.54) is 11.1 Å². The number of aromatic nitrogens is 2. The first-order valence-corrected chi connectivity index (χ1v) is 6.93. The molecule has 1 heterocycles. The Labute approximate surface area is 119 Å². The van der Waals surface area contributed by atoms with Gasteiger partial charge in [0.1, 0.15) is 0 Å². The maximum Gasteiger partial charge on any atom is 0.0535 e. The van der Waals surface area contributed by atoms with Crippen LogP contribution in [0.1, 0.15) is 36.7 Å². The molecule has 0 radical (unpaired) electrons. The molecule has 0 bridgehead atoms. The summed E-state index contributed by atoms with van der Waals surface area (Å²) in [5, 5.41) is 11.4. The summed E-state index contributed by atoms with van der Waals surface area (Å²) in [5.41, 5.74) is 3.59. The van der Waals surface area contributed by atoms with Gasteiger partial charge in [-0.3, -0.25) is 5.10 Å². The van der Waals surface area contributed by atoms with Crippen LogP contribution in [0.5, 0.6) is 0 Å². The third-order valence-corrected chi connectivity index (χ3v) is 3.59. The standard InChI is InChI=1S/C15H20ClN3/c1-10(2)15(12-4-6-14(16)7-5-12)17-8-13-9-18-19-11(13)3/h4-7,9-10,15,17H,8H2,1-3H3,(H,18,19)/t15-/m0/s1. The van der Waals surface area contributed by atoms with Crippen molar-refractivity contribution in [1.82, 2.24) is 15.5 Å². The molecule has 2 N–H and O–H groups in total. The van der Waals surface area contributed by atoms with Gasteiger partial charge in [0.05, 0.1) is 6.20 Å². The summed E-state index contributed by atoms with van der Waals surface area (Å²) >= 11 is 5.94. The summed E-state index contributed by atoms with van der Waals surface area (Å²) < 4.78 is 0. The van der Waals surface area contributed by atoms with Crippen molar-refractivity contribution in [3.8, 4) is 0 Å². The van der Waals surface area contributed by atoms with Crippen molar-refractivity contribution in [1.29, 1.82) is 0 Å². The highest BCUT2D eigenvalue weighted by atomic mass is 35.5. The number of hydrogen-bond donors (Lipinski definition) is 2. The molecule has 4 heteroatoms. The van der Waals surface area contributed by atoms with Crippen molar-refractivity contribution in [2.75, 3.05) is 0 Å². The van der Waals surface area contributed by atoms with Gasteiger partial charge in [-0.15, -0.1) is 0 Å². The molecule has 0 aliphatic rings. The van der Waals surface area contributed by atoms with Crippen molar-refractivity contribution in [2.45, 2.75) is 33.4 Å². The number of aryl methyl sites for hydroxylation is 1. The van der Waals surface area contributed by atoms with Gasteiger partial charge in [-0.25, -0.2) is 0 Å². The quantitative estimate of drug-likeness (QED) is 0.871. The fraction of sp³-hybridized carbons (Fsp3) is 0.400. The fourth-order valence-corrected chi connectivity index (χ4v) is 2.31. The first-order valence-electron chi connectivity index (χ1n) is 6.55. The van der Waals surface area contributed by atoms with E-state index in [1.54, 1.807) is 0 Å². The number of rotatable bonds is 5. The van der Waals surface area contributed by atoms with Crippen LogP contribution in [0.3, 0.4) is 0 Å². The zero-order valence-electron chi connectivity index (χ0n) is 11.6. The second kappa shape index (κ2) is 6.22. The van der Waals surface area contributed by atoms with Gasteiger partial charge in [0, 0.05) is 28.9 Å². The first-order chi connectivity index (χ1) is 9.08. The molecule has 0 spiro atoms. The monoisotopic (exact) mass is 277 g/mol. The van der Waals surface area contributed by atoms with Gasteiger partial charge in [0.15, 0.2) is 0 Å². The molecular weight excluding hydrogens is 258 g/mol. The highest BCUT2D eigenvalue weighted by molar-refractivity contribution is 6.30. The lowest BCUT2D eigenvalue weighted by Gasteiger charge is -2.23. The van der Waals surface area contributed by atoms with Gasteiger partial charge >= 0.3 is 0 Å². The highest BCUT2D eigenvalue weighted by Crippen LogP contribution is 2.23. The third kappa shape index (κ3) is 3.58. The molecule has 1 aromatic carbocycles. The van der Waals surface area contributed by atoms with E-state index in [9.17, 15) is 0 Å². The molecule has 19 heavy (non-hydrogen) atoms. The van der Waals surface area contributed by atoms with E-state index >= 15 is 0 Å². The highest BCUT2D eigenvalue weighted by Gasteiger charge is 2.15. The molecule has 0 aliphatic heterocycles. The van der Waals surface area contributed by atoms with Crippen LogP contribution >= 0.6 is 11.6 Å². The number of nitrogens with one attached hydrogen (secondary N) is 2. The SMILES string of the molecule is Cc1[nH]ncc1CN[C@H](c1ccc(Cl)cc1)C(C)C. The number of H-pyrrole nitrogens is 1. The zero-order chi connectivity index (χ0) is 13.8. The Balaban J connectivity index is 2.08. The van der Waals surface area contributed by atoms with E-state index in [-0.39, 0.29) is 0 Å². The van der Waals surface area contributed by atoms with Gasteiger partial charge in [-0.2, -0.15) is 5.10 Å². The molecule has 0 saturated heterocycles.